The first kappa shape index (κ1) is 10.9. The zero-order valence-corrected chi connectivity index (χ0v) is 10.6. The van der Waals surface area contributed by atoms with Crippen molar-refractivity contribution in [3.05, 3.63) is 54.9 Å². The number of fused-ring (bicyclic) bond motifs is 2. The molecule has 0 aliphatic rings. The summed E-state index contributed by atoms with van der Waals surface area (Å²) in [7, 11) is 0. The summed E-state index contributed by atoms with van der Waals surface area (Å²) in [6.45, 7) is 0. The topological polar surface area (TPSA) is 69.1 Å². The van der Waals surface area contributed by atoms with Crippen LogP contribution < -0.4 is 5.73 Å². The highest BCUT2D eigenvalue weighted by molar-refractivity contribution is 5.83. The summed E-state index contributed by atoms with van der Waals surface area (Å²) in [5, 5.41) is 9.48. The van der Waals surface area contributed by atoms with Crippen molar-refractivity contribution >= 4 is 22.2 Å². The molecule has 0 spiro atoms. The molecule has 0 fully saturated rings. The van der Waals surface area contributed by atoms with Gasteiger partial charge in [-0.3, -0.25) is 9.38 Å². The van der Waals surface area contributed by atoms with Gasteiger partial charge in [0, 0.05) is 29.0 Å². The molecular weight excluding hydrogens is 250 g/mol. The normalized spacial score (nSPS) is 11.2. The molecule has 4 aromatic rings. The van der Waals surface area contributed by atoms with Crippen LogP contribution in [0, 0.1) is 0 Å². The molecule has 0 saturated carbocycles. The Morgan fingerprint density at radius 3 is 2.90 bits per heavy atom. The molecule has 4 rings (SSSR count). The third-order valence-electron chi connectivity index (χ3n) is 3.29. The van der Waals surface area contributed by atoms with Crippen LogP contribution in [0.25, 0.3) is 27.9 Å². The number of rotatable bonds is 1. The lowest BCUT2D eigenvalue weighted by atomic mass is 10.1. The van der Waals surface area contributed by atoms with Gasteiger partial charge in [-0.1, -0.05) is 6.07 Å². The highest BCUT2D eigenvalue weighted by atomic mass is 15.2. The predicted molar refractivity (Wildman–Crippen MR) is 78.1 cm³/mol. The molecule has 0 radical (unpaired) electrons. The van der Waals surface area contributed by atoms with E-state index in [2.05, 4.69) is 21.2 Å². The standard InChI is InChI=1S/C15H11N5/c16-12-4-6-14-18-19-15(20(14)9-12)11-3-5-13-10(8-11)2-1-7-17-13/h1-9H,16H2. The van der Waals surface area contributed by atoms with Crippen LogP contribution in [0.3, 0.4) is 0 Å². The number of nitrogens with zero attached hydrogens (tertiary/aromatic N) is 4. The minimum Gasteiger partial charge on any atom is -0.398 e. The number of anilines is 1. The van der Waals surface area contributed by atoms with Gasteiger partial charge in [0.1, 0.15) is 0 Å². The maximum absolute atomic E-state index is 5.83. The second-order valence-corrected chi connectivity index (χ2v) is 4.63. The molecule has 20 heavy (non-hydrogen) atoms. The number of nitrogens with two attached hydrogens (primary N) is 1. The maximum atomic E-state index is 5.83. The Morgan fingerprint density at radius 1 is 1.00 bits per heavy atom. The first-order chi connectivity index (χ1) is 9.81. The van der Waals surface area contributed by atoms with Crippen molar-refractivity contribution in [2.45, 2.75) is 0 Å². The number of hydrogen-bond donors (Lipinski definition) is 1. The second kappa shape index (κ2) is 4.03. The lowest BCUT2D eigenvalue weighted by molar-refractivity contribution is 1.11. The van der Waals surface area contributed by atoms with E-state index >= 15 is 0 Å². The fraction of sp³-hybridized carbons (Fsp3) is 0. The molecule has 0 amide bonds. The Bertz CT molecular complexity index is 926. The van der Waals surface area contributed by atoms with E-state index in [1.165, 1.54) is 0 Å². The van der Waals surface area contributed by atoms with Gasteiger partial charge >= 0.3 is 0 Å². The van der Waals surface area contributed by atoms with Gasteiger partial charge in [-0.2, -0.15) is 0 Å². The summed E-state index contributed by atoms with van der Waals surface area (Å²) in [6, 6.07) is 13.7. The summed E-state index contributed by atoms with van der Waals surface area (Å²) >= 11 is 0. The van der Waals surface area contributed by atoms with Gasteiger partial charge in [0.05, 0.1) is 5.52 Å². The Hall–Kier alpha value is -2.95. The average Bonchev–Trinajstić information content (AvgIpc) is 2.89. The van der Waals surface area contributed by atoms with Crippen molar-refractivity contribution in [2.75, 3.05) is 5.73 Å². The summed E-state index contributed by atoms with van der Waals surface area (Å²) < 4.78 is 1.90. The molecule has 0 saturated heterocycles. The van der Waals surface area contributed by atoms with Crippen LogP contribution >= 0.6 is 0 Å². The SMILES string of the molecule is Nc1ccc2nnc(-c3ccc4ncccc4c3)n2c1. The van der Waals surface area contributed by atoms with Gasteiger partial charge < -0.3 is 5.73 Å². The lowest BCUT2D eigenvalue weighted by Gasteiger charge is -2.03. The van der Waals surface area contributed by atoms with Crippen molar-refractivity contribution in [3.8, 4) is 11.4 Å². The van der Waals surface area contributed by atoms with Crippen molar-refractivity contribution in [2.24, 2.45) is 0 Å². The Balaban J connectivity index is 1.98. The third-order valence-corrected chi connectivity index (χ3v) is 3.29. The number of hydrogen-bond acceptors (Lipinski definition) is 4. The molecule has 0 bridgehead atoms. The van der Waals surface area contributed by atoms with Crippen molar-refractivity contribution < 1.29 is 0 Å². The van der Waals surface area contributed by atoms with Gasteiger partial charge in [0.25, 0.3) is 0 Å². The number of pyridine rings is 2. The third kappa shape index (κ3) is 1.60. The van der Waals surface area contributed by atoms with Crippen LogP contribution in [-0.4, -0.2) is 19.6 Å². The Labute approximate surface area is 114 Å². The van der Waals surface area contributed by atoms with Gasteiger partial charge in [0.15, 0.2) is 11.5 Å². The number of nitrogen functional groups attached to an aromatic ring is 1. The van der Waals surface area contributed by atoms with Crippen molar-refractivity contribution in [3.63, 3.8) is 0 Å². The van der Waals surface area contributed by atoms with Crippen LogP contribution in [0.15, 0.2) is 54.9 Å². The molecule has 0 aliphatic heterocycles. The smallest absolute Gasteiger partial charge is 0.168 e. The first-order valence-electron chi connectivity index (χ1n) is 6.27. The van der Waals surface area contributed by atoms with Crippen LogP contribution in [0.5, 0.6) is 0 Å². The van der Waals surface area contributed by atoms with Crippen molar-refractivity contribution in [1.82, 2.24) is 19.6 Å². The molecule has 3 heterocycles. The van der Waals surface area contributed by atoms with Gasteiger partial charge in [-0.25, -0.2) is 0 Å². The fourth-order valence-electron chi connectivity index (χ4n) is 2.32. The largest absolute Gasteiger partial charge is 0.398 e. The zero-order chi connectivity index (χ0) is 13.5. The van der Waals surface area contributed by atoms with Gasteiger partial charge in [-0.15, -0.1) is 10.2 Å². The van der Waals surface area contributed by atoms with E-state index in [4.69, 9.17) is 5.73 Å². The van der Waals surface area contributed by atoms with Crippen molar-refractivity contribution in [1.29, 1.82) is 0 Å². The highest BCUT2D eigenvalue weighted by Gasteiger charge is 2.08. The molecule has 2 N–H and O–H groups in total. The fourth-order valence-corrected chi connectivity index (χ4v) is 2.32. The van der Waals surface area contributed by atoms with E-state index in [9.17, 15) is 0 Å². The summed E-state index contributed by atoms with van der Waals surface area (Å²) in [5.41, 5.74) is 9.25. The molecule has 0 aliphatic carbocycles. The minimum absolute atomic E-state index is 0.681. The van der Waals surface area contributed by atoms with E-state index in [-0.39, 0.29) is 0 Å². The summed E-state index contributed by atoms with van der Waals surface area (Å²) in [6.07, 6.45) is 3.62. The lowest BCUT2D eigenvalue weighted by Crippen LogP contribution is -1.93. The molecular formula is C15H11N5. The van der Waals surface area contributed by atoms with E-state index in [1.807, 2.05) is 47.0 Å². The number of benzene rings is 1. The molecule has 5 nitrogen and oxygen atoms in total. The van der Waals surface area contributed by atoms with E-state index < -0.39 is 0 Å². The average molecular weight is 261 g/mol. The van der Waals surface area contributed by atoms with Gasteiger partial charge in [0.2, 0.25) is 0 Å². The monoisotopic (exact) mass is 261 g/mol. The highest BCUT2D eigenvalue weighted by Crippen LogP contribution is 2.23. The van der Waals surface area contributed by atoms with Gasteiger partial charge in [-0.05, 0) is 36.4 Å². The van der Waals surface area contributed by atoms with E-state index in [1.54, 1.807) is 6.20 Å². The van der Waals surface area contributed by atoms with E-state index in [0.717, 1.165) is 27.9 Å². The molecule has 0 atom stereocenters. The molecule has 5 heteroatoms. The second-order valence-electron chi connectivity index (χ2n) is 4.63. The molecule has 0 unspecified atom stereocenters. The summed E-state index contributed by atoms with van der Waals surface area (Å²) in [4.78, 5) is 4.32. The quantitative estimate of drug-likeness (QED) is 0.571. The summed E-state index contributed by atoms with van der Waals surface area (Å²) in [5.74, 6) is 0.776. The minimum atomic E-state index is 0.681. The molecule has 1 aromatic carbocycles. The Morgan fingerprint density at radius 2 is 1.95 bits per heavy atom. The van der Waals surface area contributed by atoms with Crippen LogP contribution in [0.1, 0.15) is 0 Å². The molecule has 96 valence electrons. The zero-order valence-electron chi connectivity index (χ0n) is 10.6. The number of aromatic nitrogens is 4. The maximum Gasteiger partial charge on any atom is 0.168 e. The van der Waals surface area contributed by atoms with Crippen LogP contribution in [0.2, 0.25) is 0 Å². The van der Waals surface area contributed by atoms with Crippen LogP contribution in [0.4, 0.5) is 5.69 Å². The predicted octanol–water partition coefficient (Wildman–Crippen LogP) is 2.53. The van der Waals surface area contributed by atoms with E-state index in [0.29, 0.717) is 5.69 Å². The Kier molecular flexibility index (Phi) is 2.20. The molecule has 3 aromatic heterocycles. The van der Waals surface area contributed by atoms with Crippen LogP contribution in [-0.2, 0) is 0 Å². The first-order valence-corrected chi connectivity index (χ1v) is 6.27.